The Labute approximate surface area is 102 Å². The molecule has 0 saturated heterocycles. The summed E-state index contributed by atoms with van der Waals surface area (Å²) in [6, 6.07) is 10.6. The molecule has 0 aliphatic heterocycles. The van der Waals surface area contributed by atoms with E-state index in [2.05, 4.69) is 17.6 Å². The lowest BCUT2D eigenvalue weighted by atomic mass is 10.1. The van der Waals surface area contributed by atoms with Crippen LogP contribution in [0.15, 0.2) is 30.3 Å². The van der Waals surface area contributed by atoms with Crippen LogP contribution in [0.3, 0.4) is 0 Å². The van der Waals surface area contributed by atoms with Gasteiger partial charge >= 0.3 is 0 Å². The molecular formula is C13H18N2S. The number of nitrogens with one attached hydrogen (secondary N) is 2. The van der Waals surface area contributed by atoms with Crippen LogP contribution in [0.4, 0.5) is 5.69 Å². The highest BCUT2D eigenvalue weighted by Crippen LogP contribution is 2.24. The minimum Gasteiger partial charge on any atom is -0.360 e. The summed E-state index contributed by atoms with van der Waals surface area (Å²) in [5, 5.41) is 7.32. The molecule has 0 radical (unpaired) electrons. The summed E-state index contributed by atoms with van der Waals surface area (Å²) >= 11 is 5.29. The summed E-state index contributed by atoms with van der Waals surface area (Å²) in [7, 11) is 0. The first-order valence-electron chi connectivity index (χ1n) is 5.86. The van der Waals surface area contributed by atoms with E-state index in [0.717, 1.165) is 16.7 Å². The smallest absolute Gasteiger partial charge is 0.170 e. The summed E-state index contributed by atoms with van der Waals surface area (Å²) in [5.74, 6) is 0.831. The molecule has 2 rings (SSSR count). The van der Waals surface area contributed by atoms with Gasteiger partial charge in [0.05, 0.1) is 0 Å². The first-order chi connectivity index (χ1) is 7.74. The first-order valence-corrected chi connectivity index (χ1v) is 6.27. The van der Waals surface area contributed by atoms with Crippen LogP contribution < -0.4 is 10.6 Å². The van der Waals surface area contributed by atoms with Crippen molar-refractivity contribution in [2.24, 2.45) is 5.92 Å². The highest BCUT2D eigenvalue weighted by molar-refractivity contribution is 7.80. The van der Waals surface area contributed by atoms with Crippen LogP contribution >= 0.6 is 12.2 Å². The molecule has 0 amide bonds. The van der Waals surface area contributed by atoms with Crippen LogP contribution in [-0.2, 0) is 0 Å². The van der Waals surface area contributed by atoms with E-state index >= 15 is 0 Å². The predicted octanol–water partition coefficient (Wildman–Crippen LogP) is 3.16. The maximum Gasteiger partial charge on any atom is 0.170 e. The van der Waals surface area contributed by atoms with Crippen LogP contribution in [-0.4, -0.2) is 11.2 Å². The van der Waals surface area contributed by atoms with Crippen molar-refractivity contribution in [3.63, 3.8) is 0 Å². The van der Waals surface area contributed by atoms with Gasteiger partial charge in [-0.2, -0.15) is 0 Å². The highest BCUT2D eigenvalue weighted by atomic mass is 32.1. The zero-order valence-electron chi connectivity index (χ0n) is 9.57. The van der Waals surface area contributed by atoms with Crippen LogP contribution in [0, 0.1) is 5.92 Å². The third kappa shape index (κ3) is 3.20. The molecule has 0 bridgehead atoms. The Morgan fingerprint density at radius 3 is 2.62 bits per heavy atom. The Kier molecular flexibility index (Phi) is 3.78. The average Bonchev–Trinajstić information content (AvgIpc) is 2.65. The summed E-state index contributed by atoms with van der Waals surface area (Å²) in [6.45, 7) is 2.30. The fourth-order valence-corrected chi connectivity index (χ4v) is 2.50. The summed E-state index contributed by atoms with van der Waals surface area (Å²) in [6.07, 6.45) is 3.78. The maximum absolute atomic E-state index is 5.29. The first kappa shape index (κ1) is 11.4. The molecule has 1 aliphatic carbocycles. The van der Waals surface area contributed by atoms with Crippen molar-refractivity contribution < 1.29 is 0 Å². The number of thiocarbonyl (C=S) groups is 1. The van der Waals surface area contributed by atoms with E-state index in [0.29, 0.717) is 6.04 Å². The van der Waals surface area contributed by atoms with Gasteiger partial charge in [-0.05, 0) is 49.5 Å². The molecule has 3 heteroatoms. The molecule has 1 aromatic rings. The molecule has 1 fully saturated rings. The molecule has 1 aliphatic rings. The standard InChI is InChI=1S/C13H18N2S/c1-10-7-8-12(9-10)15-13(16)14-11-5-3-2-4-6-11/h2-6,10,12H,7-9H2,1H3,(H2,14,15,16). The molecule has 0 spiro atoms. The van der Waals surface area contributed by atoms with Crippen LogP contribution in [0.1, 0.15) is 26.2 Å². The molecule has 16 heavy (non-hydrogen) atoms. The second-order valence-electron chi connectivity index (χ2n) is 4.58. The normalized spacial score (nSPS) is 24.1. The summed E-state index contributed by atoms with van der Waals surface area (Å²) < 4.78 is 0. The Bertz CT molecular complexity index is 350. The van der Waals surface area contributed by atoms with Gasteiger partial charge in [0.25, 0.3) is 0 Å². The molecule has 86 valence electrons. The van der Waals surface area contributed by atoms with Gasteiger partial charge in [-0.3, -0.25) is 0 Å². The van der Waals surface area contributed by atoms with Crippen molar-refractivity contribution in [2.45, 2.75) is 32.2 Å². The van der Waals surface area contributed by atoms with E-state index in [4.69, 9.17) is 12.2 Å². The molecule has 0 aromatic heterocycles. The number of hydrogen-bond donors (Lipinski definition) is 2. The van der Waals surface area contributed by atoms with Crippen LogP contribution in [0.2, 0.25) is 0 Å². The molecule has 2 N–H and O–H groups in total. The third-order valence-electron chi connectivity index (χ3n) is 3.06. The Balaban J connectivity index is 1.81. The highest BCUT2D eigenvalue weighted by Gasteiger charge is 2.21. The van der Waals surface area contributed by atoms with Gasteiger partial charge < -0.3 is 10.6 Å². The fourth-order valence-electron chi connectivity index (χ4n) is 2.21. The lowest BCUT2D eigenvalue weighted by Gasteiger charge is -2.16. The quantitative estimate of drug-likeness (QED) is 0.769. The second-order valence-corrected chi connectivity index (χ2v) is 4.99. The Morgan fingerprint density at radius 1 is 1.25 bits per heavy atom. The van der Waals surface area contributed by atoms with Crippen LogP contribution in [0.25, 0.3) is 0 Å². The van der Waals surface area contributed by atoms with E-state index in [-0.39, 0.29) is 0 Å². The molecule has 2 atom stereocenters. The average molecular weight is 234 g/mol. The lowest BCUT2D eigenvalue weighted by Crippen LogP contribution is -2.36. The van der Waals surface area contributed by atoms with Crippen molar-refractivity contribution >= 4 is 23.0 Å². The number of hydrogen-bond acceptors (Lipinski definition) is 1. The number of rotatable bonds is 2. The Morgan fingerprint density at radius 2 is 2.00 bits per heavy atom. The minimum atomic E-state index is 0.554. The Hall–Kier alpha value is -1.09. The number of benzene rings is 1. The van der Waals surface area contributed by atoms with Crippen molar-refractivity contribution in [1.82, 2.24) is 5.32 Å². The number of anilines is 1. The monoisotopic (exact) mass is 234 g/mol. The van der Waals surface area contributed by atoms with Gasteiger partial charge in [-0.25, -0.2) is 0 Å². The zero-order chi connectivity index (χ0) is 11.4. The van der Waals surface area contributed by atoms with E-state index in [1.54, 1.807) is 0 Å². The van der Waals surface area contributed by atoms with Gasteiger partial charge in [0.15, 0.2) is 5.11 Å². The third-order valence-corrected chi connectivity index (χ3v) is 3.28. The SMILES string of the molecule is CC1CCC(NC(=S)Nc2ccccc2)C1. The fraction of sp³-hybridized carbons (Fsp3) is 0.462. The second kappa shape index (κ2) is 5.30. The summed E-state index contributed by atoms with van der Waals surface area (Å²) in [5.41, 5.74) is 1.05. The molecule has 0 heterocycles. The van der Waals surface area contributed by atoms with E-state index in [1.807, 2.05) is 30.3 Å². The van der Waals surface area contributed by atoms with E-state index < -0.39 is 0 Å². The van der Waals surface area contributed by atoms with Gasteiger partial charge in [0, 0.05) is 11.7 Å². The topological polar surface area (TPSA) is 24.1 Å². The molecule has 1 saturated carbocycles. The van der Waals surface area contributed by atoms with Gasteiger partial charge in [-0.15, -0.1) is 0 Å². The molecule has 2 nitrogen and oxygen atoms in total. The molecule has 1 aromatic carbocycles. The van der Waals surface area contributed by atoms with Crippen molar-refractivity contribution in [3.05, 3.63) is 30.3 Å². The zero-order valence-corrected chi connectivity index (χ0v) is 10.4. The predicted molar refractivity (Wildman–Crippen MR) is 72.6 cm³/mol. The largest absolute Gasteiger partial charge is 0.360 e. The van der Waals surface area contributed by atoms with Crippen molar-refractivity contribution in [3.8, 4) is 0 Å². The van der Waals surface area contributed by atoms with Crippen molar-refractivity contribution in [1.29, 1.82) is 0 Å². The lowest BCUT2D eigenvalue weighted by molar-refractivity contribution is 0.572. The minimum absolute atomic E-state index is 0.554. The summed E-state index contributed by atoms with van der Waals surface area (Å²) in [4.78, 5) is 0. The number of para-hydroxylation sites is 1. The van der Waals surface area contributed by atoms with Crippen LogP contribution in [0.5, 0.6) is 0 Å². The van der Waals surface area contributed by atoms with E-state index in [1.165, 1.54) is 19.3 Å². The van der Waals surface area contributed by atoms with Crippen molar-refractivity contribution in [2.75, 3.05) is 5.32 Å². The molecule has 2 unspecified atom stereocenters. The maximum atomic E-state index is 5.29. The van der Waals surface area contributed by atoms with E-state index in [9.17, 15) is 0 Å². The van der Waals surface area contributed by atoms with Gasteiger partial charge in [-0.1, -0.05) is 25.1 Å². The van der Waals surface area contributed by atoms with Gasteiger partial charge in [0.2, 0.25) is 0 Å². The molecular weight excluding hydrogens is 216 g/mol. The van der Waals surface area contributed by atoms with Gasteiger partial charge in [0.1, 0.15) is 0 Å².